The van der Waals surface area contributed by atoms with Crippen LogP contribution in [0, 0.1) is 5.41 Å². The molecular weight excluding hydrogens is 522 g/mol. The zero-order chi connectivity index (χ0) is 26.5. The van der Waals surface area contributed by atoms with E-state index in [9.17, 15) is 18.0 Å². The van der Waals surface area contributed by atoms with E-state index in [0.717, 1.165) is 17.3 Å². The molecule has 36 heavy (non-hydrogen) atoms. The van der Waals surface area contributed by atoms with Gasteiger partial charge >= 0.3 is 6.09 Å². The first kappa shape index (κ1) is 27.4. The van der Waals surface area contributed by atoms with E-state index in [1.54, 1.807) is 18.4 Å². The number of ether oxygens (including phenoxy) is 1. The Hall–Kier alpha value is -3.21. The van der Waals surface area contributed by atoms with Gasteiger partial charge in [-0.05, 0) is 67.2 Å². The minimum atomic E-state index is -3.98. The first-order valence-electron chi connectivity index (χ1n) is 10.6. The highest BCUT2D eigenvalue weighted by atomic mass is 35.5. The molecule has 0 saturated heterocycles. The Labute approximate surface area is 218 Å². The van der Waals surface area contributed by atoms with Gasteiger partial charge in [-0.3, -0.25) is 10.1 Å². The van der Waals surface area contributed by atoms with Crippen LogP contribution in [0.25, 0.3) is 0 Å². The molecule has 1 aliphatic rings. The third kappa shape index (κ3) is 6.51. The monoisotopic (exact) mass is 545 g/mol. The Morgan fingerprint density at radius 2 is 1.75 bits per heavy atom. The molecule has 0 bridgehead atoms. The summed E-state index contributed by atoms with van der Waals surface area (Å²) in [6.45, 7) is 1.40. The SMILES string of the molecule is COC(=O)NC(=NC1C(=N)C=C(S(=O)(=O)c2ccc(C(C)=O)cc2)C=C1Cc1ccc(Cl)cc1)SC. The number of methoxy groups -OCH3 is 1. The van der Waals surface area contributed by atoms with Crippen molar-refractivity contribution in [2.45, 2.75) is 24.3 Å². The van der Waals surface area contributed by atoms with Gasteiger partial charge in [0, 0.05) is 10.6 Å². The molecule has 0 radical (unpaired) electrons. The maximum Gasteiger partial charge on any atom is 0.412 e. The number of rotatable bonds is 6. The highest BCUT2D eigenvalue weighted by Crippen LogP contribution is 2.30. The molecule has 1 amide bonds. The average Bonchev–Trinajstić information content (AvgIpc) is 2.86. The molecular formula is C25H24ClN3O5S2. The fraction of sp³-hybridized carbons (Fsp3) is 0.200. The number of nitrogens with zero attached hydrogens (tertiary/aromatic N) is 1. The molecule has 0 saturated carbocycles. The fourth-order valence-corrected chi connectivity index (χ4v) is 5.30. The Morgan fingerprint density at radius 1 is 1.11 bits per heavy atom. The number of sulfone groups is 1. The second kappa shape index (κ2) is 11.7. The number of carbonyl (C=O) groups excluding carboxylic acids is 2. The lowest BCUT2D eigenvalue weighted by Gasteiger charge is -2.23. The molecule has 3 rings (SSSR count). The van der Waals surface area contributed by atoms with Crippen molar-refractivity contribution in [2.24, 2.45) is 4.99 Å². The zero-order valence-electron chi connectivity index (χ0n) is 19.7. The van der Waals surface area contributed by atoms with Gasteiger partial charge in [0.25, 0.3) is 0 Å². The standard InChI is InChI=1S/C25H24ClN3O5S2/c1-15(30)17-6-10-20(11-7-17)36(32,33)21-13-18(12-16-4-8-19(26)9-5-16)23(22(27)14-21)28-24(35-3)29-25(31)34-2/h4-11,13-14,23,27H,12H2,1-3H3,(H,28,29,31). The van der Waals surface area contributed by atoms with Gasteiger partial charge in [-0.2, -0.15) is 0 Å². The summed E-state index contributed by atoms with van der Waals surface area (Å²) in [7, 11) is -2.75. The summed E-state index contributed by atoms with van der Waals surface area (Å²) in [6, 6.07) is 11.9. The Kier molecular flexibility index (Phi) is 8.89. The van der Waals surface area contributed by atoms with Crippen molar-refractivity contribution < 1.29 is 22.7 Å². The van der Waals surface area contributed by atoms with E-state index < -0.39 is 22.0 Å². The number of hydrogen-bond acceptors (Lipinski definition) is 8. The third-order valence-corrected chi connectivity index (χ3v) is 7.90. The molecule has 188 valence electrons. The average molecular weight is 546 g/mol. The molecule has 0 heterocycles. The van der Waals surface area contributed by atoms with E-state index in [-0.39, 0.29) is 26.5 Å². The Morgan fingerprint density at radius 3 is 2.31 bits per heavy atom. The Bertz CT molecular complexity index is 1380. The number of halogens is 1. The summed E-state index contributed by atoms with van der Waals surface area (Å²) in [5.41, 5.74) is 1.73. The molecule has 0 aromatic heterocycles. The quantitative estimate of drug-likeness (QED) is 0.304. The first-order chi connectivity index (χ1) is 17.0. The molecule has 1 unspecified atom stereocenters. The molecule has 2 N–H and O–H groups in total. The summed E-state index contributed by atoms with van der Waals surface area (Å²) < 4.78 is 31.4. The number of benzene rings is 2. The van der Waals surface area contributed by atoms with Crippen LogP contribution in [0.1, 0.15) is 22.8 Å². The lowest BCUT2D eigenvalue weighted by molar-refractivity contribution is 0.101. The van der Waals surface area contributed by atoms with Gasteiger partial charge in [-0.25, -0.2) is 18.2 Å². The van der Waals surface area contributed by atoms with E-state index in [1.807, 2.05) is 12.1 Å². The van der Waals surface area contributed by atoms with Crippen LogP contribution in [-0.4, -0.2) is 50.6 Å². The first-order valence-corrected chi connectivity index (χ1v) is 13.7. The summed E-state index contributed by atoms with van der Waals surface area (Å²) in [5, 5.41) is 11.9. The second-order valence-corrected chi connectivity index (χ2v) is 10.9. The van der Waals surface area contributed by atoms with E-state index in [1.165, 1.54) is 50.5 Å². The minimum absolute atomic E-state index is 0.00718. The highest BCUT2D eigenvalue weighted by Gasteiger charge is 2.29. The smallest absolute Gasteiger partial charge is 0.412 e. The number of Topliss-reactive ketones (excluding diaryl/α,β-unsaturated/α-hetero) is 1. The number of alkyl carbamates (subject to hydrolysis) is 1. The number of aliphatic imine (C=N–C) groups is 1. The van der Waals surface area contributed by atoms with Crippen molar-refractivity contribution in [1.82, 2.24) is 5.32 Å². The molecule has 11 heteroatoms. The number of hydrogen-bond donors (Lipinski definition) is 2. The van der Waals surface area contributed by atoms with Crippen molar-refractivity contribution in [2.75, 3.05) is 13.4 Å². The van der Waals surface area contributed by atoms with Gasteiger partial charge < -0.3 is 10.1 Å². The van der Waals surface area contributed by atoms with E-state index in [0.29, 0.717) is 22.6 Å². The van der Waals surface area contributed by atoms with Crippen LogP contribution in [0.5, 0.6) is 0 Å². The molecule has 0 aliphatic heterocycles. The topological polar surface area (TPSA) is 126 Å². The van der Waals surface area contributed by atoms with Crippen LogP contribution in [0.15, 0.2) is 81.0 Å². The van der Waals surface area contributed by atoms with E-state index >= 15 is 0 Å². The lowest BCUT2D eigenvalue weighted by Crippen LogP contribution is -2.32. The molecule has 0 spiro atoms. The molecule has 2 aromatic rings. The van der Waals surface area contributed by atoms with Crippen molar-refractivity contribution in [1.29, 1.82) is 5.41 Å². The summed E-state index contributed by atoms with van der Waals surface area (Å²) in [6.07, 6.45) is 4.06. The van der Waals surface area contributed by atoms with E-state index in [4.69, 9.17) is 17.0 Å². The summed E-state index contributed by atoms with van der Waals surface area (Å²) in [4.78, 5) is 27.7. The van der Waals surface area contributed by atoms with Crippen molar-refractivity contribution in [3.8, 4) is 0 Å². The number of amidine groups is 1. The van der Waals surface area contributed by atoms with Gasteiger partial charge in [-0.15, -0.1) is 0 Å². The van der Waals surface area contributed by atoms with Crippen molar-refractivity contribution in [3.05, 3.63) is 87.3 Å². The molecule has 0 fully saturated rings. The molecule has 1 aliphatic carbocycles. The van der Waals surface area contributed by atoms with Crippen LogP contribution in [0.4, 0.5) is 4.79 Å². The maximum absolute atomic E-state index is 13.4. The Balaban J connectivity index is 2.05. The van der Waals surface area contributed by atoms with Gasteiger partial charge in [0.05, 0.1) is 22.6 Å². The molecule has 8 nitrogen and oxygen atoms in total. The van der Waals surface area contributed by atoms with Gasteiger partial charge in [0.2, 0.25) is 9.84 Å². The molecule has 2 aromatic carbocycles. The van der Waals surface area contributed by atoms with Gasteiger partial charge in [0.1, 0.15) is 6.04 Å². The van der Waals surface area contributed by atoms with Crippen LogP contribution in [0.2, 0.25) is 5.02 Å². The third-order valence-electron chi connectivity index (χ3n) is 5.31. The number of amides is 1. The van der Waals surface area contributed by atoms with Crippen LogP contribution < -0.4 is 5.32 Å². The molecule has 1 atom stereocenters. The fourth-order valence-electron chi connectivity index (χ4n) is 3.43. The van der Waals surface area contributed by atoms with Crippen LogP contribution in [-0.2, 0) is 21.0 Å². The number of carbonyl (C=O) groups is 2. The van der Waals surface area contributed by atoms with Crippen LogP contribution in [0.3, 0.4) is 0 Å². The lowest BCUT2D eigenvalue weighted by atomic mass is 9.92. The maximum atomic E-state index is 13.4. The van der Waals surface area contributed by atoms with Gasteiger partial charge in [0.15, 0.2) is 11.0 Å². The predicted molar refractivity (Wildman–Crippen MR) is 143 cm³/mol. The number of nitrogens with one attached hydrogen (secondary N) is 2. The largest absolute Gasteiger partial charge is 0.453 e. The zero-order valence-corrected chi connectivity index (χ0v) is 22.1. The normalized spacial score (nSPS) is 16.2. The highest BCUT2D eigenvalue weighted by molar-refractivity contribution is 8.13. The number of thioether (sulfide) groups is 1. The van der Waals surface area contributed by atoms with Crippen molar-refractivity contribution >= 4 is 56.0 Å². The second-order valence-electron chi connectivity index (χ2n) is 7.77. The number of ketones is 1. The summed E-state index contributed by atoms with van der Waals surface area (Å²) >= 11 is 7.16. The van der Waals surface area contributed by atoms with Gasteiger partial charge in [-0.1, -0.05) is 47.6 Å². The minimum Gasteiger partial charge on any atom is -0.453 e. The summed E-state index contributed by atoms with van der Waals surface area (Å²) in [5.74, 6) is -0.173. The number of allylic oxidation sites excluding steroid dienone is 1. The predicted octanol–water partition coefficient (Wildman–Crippen LogP) is 4.85. The van der Waals surface area contributed by atoms with E-state index in [2.05, 4.69) is 15.0 Å². The van der Waals surface area contributed by atoms with Crippen LogP contribution >= 0.6 is 23.4 Å². The van der Waals surface area contributed by atoms with Crippen molar-refractivity contribution in [3.63, 3.8) is 0 Å².